The Labute approximate surface area is 163 Å². The van der Waals surface area contributed by atoms with Crippen molar-refractivity contribution in [1.82, 2.24) is 9.78 Å². The van der Waals surface area contributed by atoms with Crippen molar-refractivity contribution in [2.24, 2.45) is 0 Å². The monoisotopic (exact) mass is 403 g/mol. The Morgan fingerprint density at radius 1 is 1.37 bits per heavy atom. The summed E-state index contributed by atoms with van der Waals surface area (Å²) in [6.07, 6.45) is 1.87. The Kier molecular flexibility index (Phi) is 5.22. The lowest BCUT2D eigenvalue weighted by Crippen LogP contribution is -2.12. The van der Waals surface area contributed by atoms with Gasteiger partial charge in [-0.25, -0.2) is 13.1 Å². The number of carbonyl (C=O) groups is 1. The van der Waals surface area contributed by atoms with E-state index in [2.05, 4.69) is 5.10 Å². The van der Waals surface area contributed by atoms with E-state index in [1.807, 2.05) is 12.1 Å². The zero-order valence-corrected chi connectivity index (χ0v) is 16.5. The van der Waals surface area contributed by atoms with Gasteiger partial charge in [0.25, 0.3) is 0 Å². The van der Waals surface area contributed by atoms with Crippen LogP contribution in [0.1, 0.15) is 39.6 Å². The molecule has 0 radical (unpaired) electrons. The van der Waals surface area contributed by atoms with Crippen LogP contribution in [0.4, 0.5) is 0 Å². The van der Waals surface area contributed by atoms with Gasteiger partial charge in [0.1, 0.15) is 16.8 Å². The van der Waals surface area contributed by atoms with Gasteiger partial charge in [0.15, 0.2) is 9.84 Å². The van der Waals surface area contributed by atoms with Crippen LogP contribution in [0.2, 0.25) is 5.15 Å². The maximum absolute atomic E-state index is 12.7. The number of allylic oxidation sites excluding steroid dienone is 1. The molecule has 1 fully saturated rings. The van der Waals surface area contributed by atoms with E-state index in [1.54, 1.807) is 32.0 Å². The van der Waals surface area contributed by atoms with Crippen LogP contribution >= 0.6 is 11.6 Å². The molecule has 0 spiro atoms. The molecule has 1 aromatic carbocycles. The first-order chi connectivity index (χ1) is 12.7. The van der Waals surface area contributed by atoms with Gasteiger partial charge < -0.3 is 0 Å². The predicted molar refractivity (Wildman–Crippen MR) is 103 cm³/mol. The van der Waals surface area contributed by atoms with Crippen LogP contribution in [0.5, 0.6) is 0 Å². The fourth-order valence-corrected chi connectivity index (χ4v) is 5.23. The van der Waals surface area contributed by atoms with Crippen molar-refractivity contribution >= 4 is 33.3 Å². The van der Waals surface area contributed by atoms with Crippen LogP contribution in [0.25, 0.3) is 6.08 Å². The minimum Gasteiger partial charge on any atom is -0.288 e. The van der Waals surface area contributed by atoms with Crippen molar-refractivity contribution in [1.29, 1.82) is 5.26 Å². The van der Waals surface area contributed by atoms with Crippen LogP contribution in [-0.2, 0) is 9.84 Å². The van der Waals surface area contributed by atoms with E-state index < -0.39 is 9.84 Å². The second-order valence-corrected chi connectivity index (χ2v) is 9.19. The first-order valence-corrected chi connectivity index (χ1v) is 10.6. The minimum absolute atomic E-state index is 0.00968. The molecule has 1 saturated heterocycles. The summed E-state index contributed by atoms with van der Waals surface area (Å²) in [5.41, 5.74) is 2.17. The number of nitriles is 1. The molecular weight excluding hydrogens is 386 g/mol. The number of hydrogen-bond acceptors (Lipinski definition) is 5. The van der Waals surface area contributed by atoms with Crippen LogP contribution < -0.4 is 0 Å². The number of aryl methyl sites for hydroxylation is 2. The third-order valence-electron chi connectivity index (χ3n) is 4.67. The number of aromatic nitrogens is 2. The molecule has 0 aliphatic carbocycles. The maximum atomic E-state index is 12.7. The predicted octanol–water partition coefficient (Wildman–Crippen LogP) is 3.30. The summed E-state index contributed by atoms with van der Waals surface area (Å²) in [7, 11) is -3.09. The zero-order valence-electron chi connectivity index (χ0n) is 14.9. The van der Waals surface area contributed by atoms with Gasteiger partial charge in [-0.05, 0) is 31.9 Å². The molecular formula is C19H18ClN3O3S. The largest absolute Gasteiger partial charge is 0.288 e. The molecule has 0 amide bonds. The lowest BCUT2D eigenvalue weighted by atomic mass is 9.98. The van der Waals surface area contributed by atoms with E-state index in [0.29, 0.717) is 23.2 Å². The minimum atomic E-state index is -3.09. The Morgan fingerprint density at radius 2 is 2.07 bits per heavy atom. The second-order valence-electron chi connectivity index (χ2n) is 6.61. The number of rotatable bonds is 4. The van der Waals surface area contributed by atoms with Crippen molar-refractivity contribution in [2.75, 3.05) is 11.5 Å². The number of benzene rings is 1. The first-order valence-electron chi connectivity index (χ1n) is 8.40. The summed E-state index contributed by atoms with van der Waals surface area (Å²) in [5.74, 6) is -0.292. The highest BCUT2D eigenvalue weighted by atomic mass is 35.5. The van der Waals surface area contributed by atoms with Crippen molar-refractivity contribution < 1.29 is 13.2 Å². The van der Waals surface area contributed by atoms with Crippen molar-refractivity contribution in [2.45, 2.75) is 26.3 Å². The fraction of sp³-hybridized carbons (Fsp3) is 0.316. The number of nitrogens with zero attached hydrogens (tertiary/aromatic N) is 3. The molecule has 1 aliphatic heterocycles. The van der Waals surface area contributed by atoms with E-state index in [1.165, 1.54) is 10.8 Å². The molecule has 0 N–H and O–H groups in total. The molecule has 2 heterocycles. The molecule has 0 unspecified atom stereocenters. The Morgan fingerprint density at radius 3 is 2.67 bits per heavy atom. The highest BCUT2D eigenvalue weighted by Crippen LogP contribution is 2.31. The van der Waals surface area contributed by atoms with Gasteiger partial charge in [-0.3, -0.25) is 4.79 Å². The third kappa shape index (κ3) is 3.82. The number of ketones is 1. The van der Waals surface area contributed by atoms with Crippen molar-refractivity contribution in [3.8, 4) is 6.07 Å². The number of Topliss-reactive ketones (excluding diaryl/α,β-unsaturated/α-hetero) is 1. The van der Waals surface area contributed by atoms with E-state index in [9.17, 15) is 18.5 Å². The normalized spacial score (nSPS) is 19.0. The average molecular weight is 404 g/mol. The maximum Gasteiger partial charge on any atom is 0.203 e. The van der Waals surface area contributed by atoms with Gasteiger partial charge in [0.05, 0.1) is 23.2 Å². The summed E-state index contributed by atoms with van der Waals surface area (Å²) >= 11 is 6.43. The van der Waals surface area contributed by atoms with Crippen LogP contribution in [-0.4, -0.2) is 35.5 Å². The molecule has 6 nitrogen and oxygen atoms in total. The quantitative estimate of drug-likeness (QED) is 0.443. The summed E-state index contributed by atoms with van der Waals surface area (Å²) in [6, 6.07) is 8.65. The molecule has 3 rings (SSSR count). The van der Waals surface area contributed by atoms with Crippen LogP contribution in [0.15, 0.2) is 29.8 Å². The highest BCUT2D eigenvalue weighted by molar-refractivity contribution is 7.91. The third-order valence-corrected chi connectivity index (χ3v) is 6.80. The molecule has 1 aliphatic rings. The number of halogens is 1. The number of sulfone groups is 1. The van der Waals surface area contributed by atoms with Gasteiger partial charge in [0.2, 0.25) is 5.78 Å². The van der Waals surface area contributed by atoms with Crippen LogP contribution in [0.3, 0.4) is 0 Å². The van der Waals surface area contributed by atoms with E-state index in [0.717, 1.165) is 5.56 Å². The van der Waals surface area contributed by atoms with Gasteiger partial charge in [0, 0.05) is 11.1 Å². The summed E-state index contributed by atoms with van der Waals surface area (Å²) in [6.45, 7) is 3.52. The Bertz CT molecular complexity index is 1090. The van der Waals surface area contributed by atoms with Gasteiger partial charge in [-0.15, -0.1) is 0 Å². The fourth-order valence-electron chi connectivity index (χ4n) is 3.17. The summed E-state index contributed by atoms with van der Waals surface area (Å²) in [4.78, 5) is 12.7. The van der Waals surface area contributed by atoms with Crippen molar-refractivity contribution in [3.63, 3.8) is 0 Å². The molecule has 0 saturated carbocycles. The standard InChI is InChI=1S/C19H18ClN3O3S/c1-12-5-3-4-6-16(12)18(24)14(10-21)9-17-13(2)22-23(19(17)20)15-7-8-27(25,26)11-15/h3-6,9,15H,7-8,11H2,1-2H3/b14-9+/t15-/m1/s1. The number of carbonyl (C=O) groups excluding carboxylic acids is 1. The van der Waals surface area contributed by atoms with Crippen LogP contribution in [0, 0.1) is 25.2 Å². The number of hydrogen-bond donors (Lipinski definition) is 0. The average Bonchev–Trinajstić information content (AvgIpc) is 3.12. The molecule has 27 heavy (non-hydrogen) atoms. The molecule has 8 heteroatoms. The lowest BCUT2D eigenvalue weighted by Gasteiger charge is -2.09. The van der Waals surface area contributed by atoms with Gasteiger partial charge in [-0.1, -0.05) is 35.9 Å². The molecule has 1 atom stereocenters. The Balaban J connectivity index is 2.00. The molecule has 140 valence electrons. The smallest absolute Gasteiger partial charge is 0.203 e. The van der Waals surface area contributed by atoms with E-state index in [-0.39, 0.29) is 34.1 Å². The topological polar surface area (TPSA) is 92.8 Å². The van der Waals surface area contributed by atoms with Crippen molar-refractivity contribution in [3.05, 3.63) is 57.4 Å². The van der Waals surface area contributed by atoms with E-state index >= 15 is 0 Å². The lowest BCUT2D eigenvalue weighted by molar-refractivity contribution is 0.103. The highest BCUT2D eigenvalue weighted by Gasteiger charge is 2.32. The van der Waals surface area contributed by atoms with Gasteiger partial charge in [-0.2, -0.15) is 10.4 Å². The molecule has 2 aromatic rings. The van der Waals surface area contributed by atoms with Gasteiger partial charge >= 0.3 is 0 Å². The van der Waals surface area contributed by atoms with E-state index in [4.69, 9.17) is 11.6 Å². The molecule has 0 bridgehead atoms. The second kappa shape index (κ2) is 7.29. The summed E-state index contributed by atoms with van der Waals surface area (Å²) < 4.78 is 25.0. The summed E-state index contributed by atoms with van der Waals surface area (Å²) in [5, 5.41) is 14.1. The Hall–Kier alpha value is -2.43. The zero-order chi connectivity index (χ0) is 19.8. The first kappa shape index (κ1) is 19.3. The SMILES string of the molecule is Cc1ccccc1C(=O)/C(C#N)=C/c1c(C)nn([C@@H]2CCS(=O)(=O)C2)c1Cl. The molecule has 1 aromatic heterocycles.